The summed E-state index contributed by atoms with van der Waals surface area (Å²) in [5.41, 5.74) is 0.545. The van der Waals surface area contributed by atoms with E-state index in [1.165, 1.54) is 0 Å². The summed E-state index contributed by atoms with van der Waals surface area (Å²) in [5.74, 6) is 0.648. The van der Waals surface area contributed by atoms with Gasteiger partial charge in [0.1, 0.15) is 17.9 Å². The van der Waals surface area contributed by atoms with E-state index in [9.17, 15) is 0 Å². The molecule has 2 aliphatic heterocycles. The molecule has 0 aliphatic carbocycles. The first-order valence-corrected chi connectivity index (χ1v) is 7.71. The highest BCUT2D eigenvalue weighted by Gasteiger charge is 2.42. The van der Waals surface area contributed by atoms with Gasteiger partial charge in [0.05, 0.1) is 17.8 Å². The second-order valence-electron chi connectivity index (χ2n) is 5.44. The summed E-state index contributed by atoms with van der Waals surface area (Å²) in [7, 11) is 0. The van der Waals surface area contributed by atoms with Gasteiger partial charge in [-0.3, -0.25) is 0 Å². The number of nitrogens with zero attached hydrogens (tertiary/aromatic N) is 1. The molecular formula is C15H17BrN2O2. The van der Waals surface area contributed by atoms with Crippen LogP contribution in [0, 0.1) is 11.3 Å². The molecule has 2 saturated heterocycles. The minimum atomic E-state index is -0.0158. The van der Waals surface area contributed by atoms with Crippen LogP contribution in [0.15, 0.2) is 22.7 Å². The summed E-state index contributed by atoms with van der Waals surface area (Å²) in [4.78, 5) is 0. The molecule has 1 N–H and O–H groups in total. The maximum Gasteiger partial charge on any atom is 0.137 e. The van der Waals surface area contributed by atoms with Gasteiger partial charge in [0.2, 0.25) is 0 Å². The van der Waals surface area contributed by atoms with Crippen LogP contribution < -0.4 is 10.1 Å². The minimum absolute atomic E-state index is 0.0158. The van der Waals surface area contributed by atoms with Crippen molar-refractivity contribution in [2.45, 2.75) is 31.0 Å². The van der Waals surface area contributed by atoms with E-state index in [1.807, 2.05) is 12.1 Å². The van der Waals surface area contributed by atoms with Crippen molar-refractivity contribution >= 4 is 15.9 Å². The predicted molar refractivity (Wildman–Crippen MR) is 78.7 cm³/mol. The zero-order chi connectivity index (χ0) is 14.0. The third-order valence-electron chi connectivity index (χ3n) is 4.05. The molecule has 2 aliphatic rings. The largest absolute Gasteiger partial charge is 0.487 e. The molecule has 1 unspecified atom stereocenters. The Bertz CT molecular complexity index is 535. The van der Waals surface area contributed by atoms with Gasteiger partial charge in [0, 0.05) is 10.9 Å². The molecule has 0 aromatic heterocycles. The lowest BCUT2D eigenvalue weighted by molar-refractivity contribution is -0.0205. The summed E-state index contributed by atoms with van der Waals surface area (Å²) in [6.07, 6.45) is 3.04. The number of rotatable bonds is 2. The van der Waals surface area contributed by atoms with Crippen LogP contribution in [0.3, 0.4) is 0 Å². The van der Waals surface area contributed by atoms with Gasteiger partial charge in [0.15, 0.2) is 0 Å². The number of halogens is 1. The van der Waals surface area contributed by atoms with E-state index in [2.05, 4.69) is 27.3 Å². The van der Waals surface area contributed by atoms with Gasteiger partial charge in [0.25, 0.3) is 0 Å². The van der Waals surface area contributed by atoms with Gasteiger partial charge >= 0.3 is 0 Å². The second-order valence-corrected chi connectivity index (χ2v) is 6.36. The van der Waals surface area contributed by atoms with Crippen LogP contribution in [0.2, 0.25) is 0 Å². The summed E-state index contributed by atoms with van der Waals surface area (Å²) in [5, 5.41) is 12.5. The first-order valence-electron chi connectivity index (χ1n) is 6.92. The number of benzene rings is 1. The fraction of sp³-hybridized carbons (Fsp3) is 0.533. The topological polar surface area (TPSA) is 54.3 Å². The molecule has 2 heterocycles. The molecule has 4 nitrogen and oxygen atoms in total. The van der Waals surface area contributed by atoms with Crippen LogP contribution >= 0.6 is 15.9 Å². The maximum absolute atomic E-state index is 9.17. The fourth-order valence-corrected chi connectivity index (χ4v) is 3.34. The second kappa shape index (κ2) is 5.72. The van der Waals surface area contributed by atoms with E-state index in [1.54, 1.807) is 6.07 Å². The normalized spacial score (nSPS) is 24.5. The van der Waals surface area contributed by atoms with E-state index >= 15 is 0 Å². The minimum Gasteiger partial charge on any atom is -0.487 e. The first-order chi connectivity index (χ1) is 9.71. The van der Waals surface area contributed by atoms with Crippen LogP contribution in [0.1, 0.15) is 24.8 Å². The van der Waals surface area contributed by atoms with E-state index in [0.717, 1.165) is 36.8 Å². The lowest BCUT2D eigenvalue weighted by atomic mass is 9.89. The predicted octanol–water partition coefficient (Wildman–Crippen LogP) is 2.61. The summed E-state index contributed by atoms with van der Waals surface area (Å²) in [6.45, 7) is 2.63. The smallest absolute Gasteiger partial charge is 0.137 e. The van der Waals surface area contributed by atoms with Crippen LogP contribution in [-0.2, 0) is 4.74 Å². The van der Waals surface area contributed by atoms with Crippen molar-refractivity contribution in [2.75, 3.05) is 19.7 Å². The Morgan fingerprint density at radius 2 is 2.20 bits per heavy atom. The van der Waals surface area contributed by atoms with Crippen molar-refractivity contribution in [3.63, 3.8) is 0 Å². The van der Waals surface area contributed by atoms with E-state index in [0.29, 0.717) is 17.9 Å². The lowest BCUT2D eigenvalue weighted by Crippen LogP contribution is -2.41. The first kappa shape index (κ1) is 13.9. The monoisotopic (exact) mass is 336 g/mol. The highest BCUT2D eigenvalue weighted by molar-refractivity contribution is 9.10. The maximum atomic E-state index is 9.17. The van der Waals surface area contributed by atoms with E-state index in [-0.39, 0.29) is 11.7 Å². The molecule has 0 radical (unpaired) electrons. The van der Waals surface area contributed by atoms with Crippen molar-refractivity contribution in [2.24, 2.45) is 0 Å². The molecule has 1 atom stereocenters. The van der Waals surface area contributed by atoms with Crippen molar-refractivity contribution in [3.05, 3.63) is 28.2 Å². The summed E-state index contributed by atoms with van der Waals surface area (Å²) < 4.78 is 12.9. The third kappa shape index (κ3) is 2.83. The highest BCUT2D eigenvalue weighted by Crippen LogP contribution is 2.36. The molecular weight excluding hydrogens is 320 g/mol. The van der Waals surface area contributed by atoms with Crippen LogP contribution in [-0.4, -0.2) is 31.4 Å². The number of piperidine rings is 1. The Labute approximate surface area is 127 Å². The molecule has 20 heavy (non-hydrogen) atoms. The van der Waals surface area contributed by atoms with Gasteiger partial charge in [-0.15, -0.1) is 0 Å². The van der Waals surface area contributed by atoms with Gasteiger partial charge in [-0.1, -0.05) is 15.9 Å². The molecule has 3 rings (SSSR count). The number of nitrogens with one attached hydrogen (secondary N) is 1. The van der Waals surface area contributed by atoms with Crippen molar-refractivity contribution in [3.8, 4) is 11.8 Å². The molecule has 1 aromatic rings. The molecule has 106 valence electrons. The summed E-state index contributed by atoms with van der Waals surface area (Å²) in [6, 6.07) is 7.70. The molecule has 0 amide bonds. The third-order valence-corrected chi connectivity index (χ3v) is 4.54. The zero-order valence-corrected chi connectivity index (χ0v) is 12.8. The summed E-state index contributed by atoms with van der Waals surface area (Å²) >= 11 is 3.37. The van der Waals surface area contributed by atoms with Gasteiger partial charge in [-0.25, -0.2) is 0 Å². The lowest BCUT2D eigenvalue weighted by Gasteiger charge is -2.32. The standard InChI is InChI=1S/C15H17BrN2O2/c16-12-1-2-14(11(7-12)9-17)20-13-8-15(19-10-13)3-5-18-6-4-15/h1-2,7,13,18H,3-6,8,10H2. The van der Waals surface area contributed by atoms with Crippen molar-refractivity contribution in [1.82, 2.24) is 5.32 Å². The Kier molecular flexibility index (Phi) is 3.97. The van der Waals surface area contributed by atoms with Crippen molar-refractivity contribution < 1.29 is 9.47 Å². The van der Waals surface area contributed by atoms with Gasteiger partial charge in [-0.2, -0.15) is 5.26 Å². The SMILES string of the molecule is N#Cc1cc(Br)ccc1OC1COC2(CCNCC2)C1. The molecule has 1 aromatic carbocycles. The quantitative estimate of drug-likeness (QED) is 0.901. The Morgan fingerprint density at radius 3 is 2.95 bits per heavy atom. The Hall–Kier alpha value is -1.09. The zero-order valence-electron chi connectivity index (χ0n) is 11.2. The average Bonchev–Trinajstić information content (AvgIpc) is 2.84. The average molecular weight is 337 g/mol. The van der Waals surface area contributed by atoms with E-state index in [4.69, 9.17) is 14.7 Å². The molecule has 0 saturated carbocycles. The fourth-order valence-electron chi connectivity index (χ4n) is 2.98. The number of ether oxygens (including phenoxy) is 2. The van der Waals surface area contributed by atoms with Gasteiger partial charge in [-0.05, 0) is 44.1 Å². The van der Waals surface area contributed by atoms with Gasteiger partial charge < -0.3 is 14.8 Å². The highest BCUT2D eigenvalue weighted by atomic mass is 79.9. The number of hydrogen-bond acceptors (Lipinski definition) is 4. The number of hydrogen-bond donors (Lipinski definition) is 1. The van der Waals surface area contributed by atoms with E-state index < -0.39 is 0 Å². The van der Waals surface area contributed by atoms with Crippen LogP contribution in [0.4, 0.5) is 0 Å². The van der Waals surface area contributed by atoms with Crippen LogP contribution in [0.5, 0.6) is 5.75 Å². The Balaban J connectivity index is 1.69. The molecule has 2 fully saturated rings. The Morgan fingerprint density at radius 1 is 1.40 bits per heavy atom. The number of nitriles is 1. The molecule has 5 heteroatoms. The van der Waals surface area contributed by atoms with Crippen molar-refractivity contribution in [1.29, 1.82) is 5.26 Å². The van der Waals surface area contributed by atoms with Crippen LogP contribution in [0.25, 0.3) is 0 Å². The molecule has 0 bridgehead atoms. The molecule has 1 spiro atoms.